The Morgan fingerprint density at radius 2 is 2.04 bits per heavy atom. The number of nitro benzene ring substituents is 1. The Morgan fingerprint density at radius 1 is 1.21 bits per heavy atom. The third-order valence-electron chi connectivity index (χ3n) is 4.09. The molecule has 1 aromatic heterocycles. The Labute approximate surface area is 161 Å². The van der Waals surface area contributed by atoms with Crippen LogP contribution >= 0.6 is 0 Å². The number of nitro groups is 1. The molecule has 142 valence electrons. The van der Waals surface area contributed by atoms with Gasteiger partial charge in [0.15, 0.2) is 0 Å². The van der Waals surface area contributed by atoms with E-state index in [-0.39, 0.29) is 18.2 Å². The number of hydrogen-bond acceptors (Lipinski definition) is 5. The number of anilines is 1. The first-order valence-electron chi connectivity index (χ1n) is 8.50. The zero-order chi connectivity index (χ0) is 20.1. The molecule has 7 heteroatoms. The van der Waals surface area contributed by atoms with Crippen molar-refractivity contribution >= 4 is 23.4 Å². The molecule has 2 N–H and O–H groups in total. The van der Waals surface area contributed by atoms with E-state index in [9.17, 15) is 14.9 Å². The largest absolute Gasteiger partial charge is 0.459 e. The predicted molar refractivity (Wildman–Crippen MR) is 106 cm³/mol. The summed E-state index contributed by atoms with van der Waals surface area (Å²) >= 11 is 0. The summed E-state index contributed by atoms with van der Waals surface area (Å²) in [7, 11) is 0. The van der Waals surface area contributed by atoms with E-state index in [2.05, 4.69) is 5.32 Å². The molecule has 0 fully saturated rings. The first-order valence-corrected chi connectivity index (χ1v) is 8.50. The first-order chi connectivity index (χ1) is 13.5. The van der Waals surface area contributed by atoms with Crippen molar-refractivity contribution in [1.29, 1.82) is 0 Å². The molecule has 3 rings (SSSR count). The van der Waals surface area contributed by atoms with Crippen LogP contribution in [0.2, 0.25) is 0 Å². The number of furan rings is 1. The third-order valence-corrected chi connectivity index (χ3v) is 4.09. The number of nitrogens with one attached hydrogen (secondary N) is 1. The number of non-ortho nitro benzene ring substituents is 1. The van der Waals surface area contributed by atoms with Gasteiger partial charge in [-0.15, -0.1) is 0 Å². The SMILES string of the molecule is Cc1cc(NC(=O)/C=C/c2cccc([N+](=O)[O-])c2)ccc1-c1ccc(CO)o1. The van der Waals surface area contributed by atoms with Gasteiger partial charge in [-0.2, -0.15) is 0 Å². The summed E-state index contributed by atoms with van der Waals surface area (Å²) in [4.78, 5) is 22.4. The number of aliphatic hydroxyl groups excluding tert-OH is 1. The summed E-state index contributed by atoms with van der Waals surface area (Å²) in [6.45, 7) is 1.73. The highest BCUT2D eigenvalue weighted by molar-refractivity contribution is 6.02. The van der Waals surface area contributed by atoms with Crippen molar-refractivity contribution in [2.24, 2.45) is 0 Å². The average Bonchev–Trinajstić information content (AvgIpc) is 3.15. The lowest BCUT2D eigenvalue weighted by Gasteiger charge is -2.07. The Bertz CT molecular complexity index is 1050. The number of hydrogen-bond donors (Lipinski definition) is 2. The second-order valence-corrected chi connectivity index (χ2v) is 6.13. The molecule has 28 heavy (non-hydrogen) atoms. The molecule has 1 heterocycles. The smallest absolute Gasteiger partial charge is 0.270 e. The monoisotopic (exact) mass is 378 g/mol. The van der Waals surface area contributed by atoms with Crippen LogP contribution in [0.4, 0.5) is 11.4 Å². The number of aryl methyl sites for hydroxylation is 1. The lowest BCUT2D eigenvalue weighted by Crippen LogP contribution is -2.07. The molecule has 0 radical (unpaired) electrons. The van der Waals surface area contributed by atoms with Gasteiger partial charge in [-0.1, -0.05) is 12.1 Å². The lowest BCUT2D eigenvalue weighted by molar-refractivity contribution is -0.384. The molecular formula is C21H18N2O5. The molecule has 7 nitrogen and oxygen atoms in total. The summed E-state index contributed by atoms with van der Waals surface area (Å²) in [5.41, 5.74) is 2.91. The average molecular weight is 378 g/mol. The van der Waals surface area contributed by atoms with Gasteiger partial charge >= 0.3 is 0 Å². The van der Waals surface area contributed by atoms with Gasteiger partial charge in [0.05, 0.1) is 4.92 Å². The van der Waals surface area contributed by atoms with E-state index in [1.165, 1.54) is 24.3 Å². The van der Waals surface area contributed by atoms with Crippen molar-refractivity contribution in [3.63, 3.8) is 0 Å². The van der Waals surface area contributed by atoms with Crippen LogP contribution in [0.5, 0.6) is 0 Å². The summed E-state index contributed by atoms with van der Waals surface area (Å²) in [6.07, 6.45) is 2.84. The van der Waals surface area contributed by atoms with Gasteiger partial charge in [-0.3, -0.25) is 14.9 Å². The number of rotatable bonds is 6. The van der Waals surface area contributed by atoms with Crippen molar-refractivity contribution in [2.75, 3.05) is 5.32 Å². The summed E-state index contributed by atoms with van der Waals surface area (Å²) in [5.74, 6) is 0.780. The third kappa shape index (κ3) is 4.52. The maximum atomic E-state index is 12.1. The number of aliphatic hydroxyl groups is 1. The van der Waals surface area contributed by atoms with Crippen LogP contribution in [-0.2, 0) is 11.4 Å². The summed E-state index contributed by atoms with van der Waals surface area (Å²) < 4.78 is 5.54. The van der Waals surface area contributed by atoms with E-state index < -0.39 is 4.92 Å². The van der Waals surface area contributed by atoms with Crippen molar-refractivity contribution in [2.45, 2.75) is 13.5 Å². The van der Waals surface area contributed by atoms with Crippen LogP contribution < -0.4 is 5.32 Å². The number of carbonyl (C=O) groups excluding carboxylic acids is 1. The zero-order valence-corrected chi connectivity index (χ0v) is 15.1. The number of benzene rings is 2. The summed E-state index contributed by atoms with van der Waals surface area (Å²) in [6, 6.07) is 14.9. The Hall–Kier alpha value is -3.71. The molecular weight excluding hydrogens is 360 g/mol. The minimum absolute atomic E-state index is 0.0314. The first kappa shape index (κ1) is 19.1. The Balaban J connectivity index is 1.69. The molecule has 0 aliphatic heterocycles. The van der Waals surface area contributed by atoms with Crippen LogP contribution in [-0.4, -0.2) is 15.9 Å². The van der Waals surface area contributed by atoms with Gasteiger partial charge in [-0.25, -0.2) is 0 Å². The fourth-order valence-electron chi connectivity index (χ4n) is 2.72. The van der Waals surface area contributed by atoms with Gasteiger partial charge in [0, 0.05) is 29.5 Å². The standard InChI is InChI=1S/C21H18N2O5/c1-14-11-16(6-8-19(14)20-9-7-18(13-24)28-20)22-21(25)10-5-15-3-2-4-17(12-15)23(26)27/h2-12,24H,13H2,1H3,(H,22,25)/b10-5+. The molecule has 0 aliphatic rings. The fourth-order valence-corrected chi connectivity index (χ4v) is 2.72. The number of amides is 1. The normalized spacial score (nSPS) is 10.9. The maximum Gasteiger partial charge on any atom is 0.270 e. The second-order valence-electron chi connectivity index (χ2n) is 6.13. The fraction of sp³-hybridized carbons (Fsp3) is 0.0952. The molecule has 0 saturated carbocycles. The van der Waals surface area contributed by atoms with Crippen molar-refractivity contribution in [1.82, 2.24) is 0 Å². The van der Waals surface area contributed by atoms with E-state index in [0.717, 1.165) is 11.1 Å². The maximum absolute atomic E-state index is 12.1. The molecule has 3 aromatic rings. The van der Waals surface area contributed by atoms with E-state index in [1.807, 2.05) is 19.1 Å². The molecule has 0 unspecified atom stereocenters. The van der Waals surface area contributed by atoms with Crippen molar-refractivity contribution in [3.05, 3.63) is 87.7 Å². The molecule has 2 aromatic carbocycles. The van der Waals surface area contributed by atoms with Crippen LogP contribution in [0.3, 0.4) is 0 Å². The predicted octanol–water partition coefficient (Wildman–Crippen LogP) is 4.31. The van der Waals surface area contributed by atoms with Gasteiger partial charge in [0.25, 0.3) is 5.69 Å². The molecule has 0 atom stereocenters. The highest BCUT2D eigenvalue weighted by Gasteiger charge is 2.09. The topological polar surface area (TPSA) is 106 Å². The van der Waals surface area contributed by atoms with Gasteiger partial charge in [0.2, 0.25) is 5.91 Å². The molecule has 0 bridgehead atoms. The minimum Gasteiger partial charge on any atom is -0.459 e. The zero-order valence-electron chi connectivity index (χ0n) is 15.1. The van der Waals surface area contributed by atoms with Gasteiger partial charge < -0.3 is 14.8 Å². The Morgan fingerprint density at radius 3 is 2.71 bits per heavy atom. The van der Waals surface area contributed by atoms with Crippen LogP contribution in [0.15, 0.2) is 65.1 Å². The van der Waals surface area contributed by atoms with E-state index in [0.29, 0.717) is 22.8 Å². The Kier molecular flexibility index (Phi) is 5.67. The second kappa shape index (κ2) is 8.32. The van der Waals surface area contributed by atoms with Crippen LogP contribution in [0.1, 0.15) is 16.9 Å². The van der Waals surface area contributed by atoms with E-state index >= 15 is 0 Å². The van der Waals surface area contributed by atoms with Gasteiger partial charge in [0.1, 0.15) is 18.1 Å². The van der Waals surface area contributed by atoms with Gasteiger partial charge in [-0.05, 0) is 54.5 Å². The van der Waals surface area contributed by atoms with E-state index in [1.54, 1.807) is 30.3 Å². The number of nitrogens with zero attached hydrogens (tertiary/aromatic N) is 1. The van der Waals surface area contributed by atoms with Crippen LogP contribution in [0, 0.1) is 17.0 Å². The van der Waals surface area contributed by atoms with Crippen molar-refractivity contribution in [3.8, 4) is 11.3 Å². The quantitative estimate of drug-likeness (QED) is 0.378. The van der Waals surface area contributed by atoms with Crippen LogP contribution in [0.25, 0.3) is 17.4 Å². The lowest BCUT2D eigenvalue weighted by atomic mass is 10.1. The number of carbonyl (C=O) groups is 1. The molecule has 0 saturated heterocycles. The highest BCUT2D eigenvalue weighted by Crippen LogP contribution is 2.27. The minimum atomic E-state index is -0.482. The summed E-state index contributed by atoms with van der Waals surface area (Å²) in [5, 5.41) is 22.7. The van der Waals surface area contributed by atoms with Crippen molar-refractivity contribution < 1.29 is 19.2 Å². The molecule has 1 amide bonds. The van der Waals surface area contributed by atoms with E-state index in [4.69, 9.17) is 9.52 Å². The highest BCUT2D eigenvalue weighted by atomic mass is 16.6. The molecule has 0 aliphatic carbocycles. The molecule has 0 spiro atoms.